The highest BCUT2D eigenvalue weighted by atomic mass is 16.7. The van der Waals surface area contributed by atoms with E-state index in [9.17, 15) is 5.11 Å². The van der Waals surface area contributed by atoms with Crippen LogP contribution < -0.4 is 0 Å². The summed E-state index contributed by atoms with van der Waals surface area (Å²) in [5.74, 6) is 0.157. The van der Waals surface area contributed by atoms with Crippen LogP contribution in [0, 0.1) is 5.92 Å². The Morgan fingerprint density at radius 2 is 1.50 bits per heavy atom. The van der Waals surface area contributed by atoms with Crippen molar-refractivity contribution in [1.82, 2.24) is 0 Å². The fraction of sp³-hybridized carbons (Fsp3) is 1.00. The second-order valence-electron chi connectivity index (χ2n) is 2.57. The van der Waals surface area contributed by atoms with Gasteiger partial charge in [-0.05, 0) is 5.92 Å². The van der Waals surface area contributed by atoms with E-state index < -0.39 is 12.4 Å². The van der Waals surface area contributed by atoms with Crippen molar-refractivity contribution < 1.29 is 14.6 Å². The number of ether oxygens (including phenoxy) is 2. The Morgan fingerprint density at radius 3 is 1.60 bits per heavy atom. The van der Waals surface area contributed by atoms with Crippen molar-refractivity contribution in [3.63, 3.8) is 0 Å². The third kappa shape index (κ3) is 2.64. The summed E-state index contributed by atoms with van der Waals surface area (Å²) >= 11 is 0. The van der Waals surface area contributed by atoms with Gasteiger partial charge in [-0.25, -0.2) is 0 Å². The van der Waals surface area contributed by atoms with Crippen LogP contribution in [0.4, 0.5) is 0 Å². The molecule has 0 aromatic rings. The highest BCUT2D eigenvalue weighted by Gasteiger charge is 2.20. The zero-order chi connectivity index (χ0) is 8.15. The van der Waals surface area contributed by atoms with Crippen molar-refractivity contribution in [3.8, 4) is 0 Å². The van der Waals surface area contributed by atoms with Crippen LogP contribution >= 0.6 is 0 Å². The van der Waals surface area contributed by atoms with Crippen molar-refractivity contribution in [2.75, 3.05) is 14.2 Å². The molecule has 62 valence electrons. The largest absolute Gasteiger partial charge is 0.388 e. The summed E-state index contributed by atoms with van der Waals surface area (Å²) in [6.07, 6.45) is -1.05. The maximum absolute atomic E-state index is 9.34. The number of hydrogen-bond acceptors (Lipinski definition) is 3. The van der Waals surface area contributed by atoms with Crippen LogP contribution in [-0.4, -0.2) is 31.7 Å². The molecule has 0 rings (SSSR count). The summed E-state index contributed by atoms with van der Waals surface area (Å²) in [7, 11) is 3.03. The van der Waals surface area contributed by atoms with E-state index in [1.807, 2.05) is 13.8 Å². The van der Waals surface area contributed by atoms with E-state index in [4.69, 9.17) is 9.47 Å². The minimum atomic E-state index is -0.546. The average molecular weight is 148 g/mol. The van der Waals surface area contributed by atoms with E-state index in [0.29, 0.717) is 0 Å². The van der Waals surface area contributed by atoms with Gasteiger partial charge in [-0.1, -0.05) is 13.8 Å². The van der Waals surface area contributed by atoms with E-state index in [2.05, 4.69) is 0 Å². The van der Waals surface area contributed by atoms with Gasteiger partial charge in [0.05, 0.1) is 0 Å². The van der Waals surface area contributed by atoms with Crippen molar-refractivity contribution in [1.29, 1.82) is 0 Å². The van der Waals surface area contributed by atoms with Crippen molar-refractivity contribution >= 4 is 0 Å². The molecule has 0 heterocycles. The van der Waals surface area contributed by atoms with Gasteiger partial charge in [0.2, 0.25) is 0 Å². The molecule has 0 fully saturated rings. The minimum Gasteiger partial charge on any atom is -0.388 e. The number of hydrogen-bond donors (Lipinski definition) is 1. The molecule has 0 amide bonds. The third-order valence-corrected chi connectivity index (χ3v) is 1.43. The lowest BCUT2D eigenvalue weighted by atomic mass is 10.1. The zero-order valence-corrected chi connectivity index (χ0v) is 7.00. The van der Waals surface area contributed by atoms with Crippen LogP contribution in [0.3, 0.4) is 0 Å². The lowest BCUT2D eigenvalue weighted by Gasteiger charge is -2.22. The molecule has 0 radical (unpaired) electrons. The fourth-order valence-corrected chi connectivity index (χ4v) is 0.689. The number of aliphatic hydroxyl groups is 1. The summed E-state index contributed by atoms with van der Waals surface area (Å²) in [4.78, 5) is 0. The molecule has 3 nitrogen and oxygen atoms in total. The van der Waals surface area contributed by atoms with Gasteiger partial charge in [-0.3, -0.25) is 0 Å². The Hall–Kier alpha value is -0.120. The summed E-state index contributed by atoms with van der Waals surface area (Å²) in [6.45, 7) is 3.82. The summed E-state index contributed by atoms with van der Waals surface area (Å²) < 4.78 is 9.70. The third-order valence-electron chi connectivity index (χ3n) is 1.43. The van der Waals surface area contributed by atoms with Crippen LogP contribution in [0.1, 0.15) is 13.8 Å². The lowest BCUT2D eigenvalue weighted by molar-refractivity contribution is -0.175. The van der Waals surface area contributed by atoms with E-state index >= 15 is 0 Å². The normalized spacial score (nSPS) is 14.7. The molecule has 0 bridgehead atoms. The molecule has 0 unspecified atom stereocenters. The molecule has 1 N–H and O–H groups in total. The van der Waals surface area contributed by atoms with Gasteiger partial charge in [0, 0.05) is 14.2 Å². The van der Waals surface area contributed by atoms with Gasteiger partial charge in [-0.2, -0.15) is 0 Å². The molecule has 0 aromatic heterocycles. The Balaban J connectivity index is 3.76. The first kappa shape index (κ1) is 9.88. The first-order valence-corrected chi connectivity index (χ1v) is 3.37. The molecular formula is C7H16O3. The van der Waals surface area contributed by atoms with E-state index in [-0.39, 0.29) is 5.92 Å². The van der Waals surface area contributed by atoms with Crippen molar-refractivity contribution in [2.45, 2.75) is 26.2 Å². The quantitative estimate of drug-likeness (QED) is 0.594. The Morgan fingerprint density at radius 1 is 1.10 bits per heavy atom. The number of rotatable bonds is 4. The topological polar surface area (TPSA) is 38.7 Å². The first-order chi connectivity index (χ1) is 4.63. The second-order valence-corrected chi connectivity index (χ2v) is 2.57. The summed E-state index contributed by atoms with van der Waals surface area (Å²) in [6, 6.07) is 0. The minimum absolute atomic E-state index is 0.157. The van der Waals surface area contributed by atoms with E-state index in [0.717, 1.165) is 0 Å². The highest BCUT2D eigenvalue weighted by Crippen LogP contribution is 2.08. The molecule has 0 aliphatic heterocycles. The Labute approximate surface area is 62.0 Å². The molecule has 3 heteroatoms. The smallest absolute Gasteiger partial charge is 0.182 e. The predicted octanol–water partition coefficient (Wildman–Crippen LogP) is 0.622. The van der Waals surface area contributed by atoms with E-state index in [1.54, 1.807) is 0 Å². The van der Waals surface area contributed by atoms with Crippen LogP contribution in [0.5, 0.6) is 0 Å². The standard InChI is InChI=1S/C7H16O3/c1-5(2)6(8)7(9-3)10-4/h5-8H,1-4H3/t6-/m1/s1. The SMILES string of the molecule is COC(OC)[C@H](O)C(C)C. The van der Waals surface area contributed by atoms with Crippen LogP contribution in [-0.2, 0) is 9.47 Å². The monoisotopic (exact) mass is 148 g/mol. The highest BCUT2D eigenvalue weighted by molar-refractivity contribution is 4.62. The molecule has 10 heavy (non-hydrogen) atoms. The van der Waals surface area contributed by atoms with E-state index in [1.165, 1.54) is 14.2 Å². The molecule has 0 spiro atoms. The molecule has 0 aromatic carbocycles. The summed E-state index contributed by atoms with van der Waals surface area (Å²) in [5, 5.41) is 9.34. The van der Waals surface area contributed by atoms with Gasteiger partial charge in [-0.15, -0.1) is 0 Å². The lowest BCUT2D eigenvalue weighted by Crippen LogP contribution is -2.33. The van der Waals surface area contributed by atoms with Gasteiger partial charge >= 0.3 is 0 Å². The Bertz CT molecular complexity index is 78.9. The maximum atomic E-state index is 9.34. The average Bonchev–Trinajstić information content (AvgIpc) is 1.90. The molecule has 0 saturated heterocycles. The summed E-state index contributed by atoms with van der Waals surface area (Å²) in [5.41, 5.74) is 0. The molecule has 1 atom stereocenters. The van der Waals surface area contributed by atoms with Crippen molar-refractivity contribution in [3.05, 3.63) is 0 Å². The number of methoxy groups -OCH3 is 2. The maximum Gasteiger partial charge on any atom is 0.182 e. The second kappa shape index (κ2) is 4.66. The van der Waals surface area contributed by atoms with Gasteiger partial charge in [0.15, 0.2) is 6.29 Å². The zero-order valence-electron chi connectivity index (χ0n) is 7.00. The molecule has 0 aliphatic rings. The van der Waals surface area contributed by atoms with Gasteiger partial charge in [0.25, 0.3) is 0 Å². The van der Waals surface area contributed by atoms with Crippen molar-refractivity contribution in [2.24, 2.45) is 5.92 Å². The van der Waals surface area contributed by atoms with Gasteiger partial charge < -0.3 is 14.6 Å². The van der Waals surface area contributed by atoms with Crippen LogP contribution in [0.2, 0.25) is 0 Å². The predicted molar refractivity (Wildman–Crippen MR) is 38.7 cm³/mol. The van der Waals surface area contributed by atoms with Crippen LogP contribution in [0.25, 0.3) is 0 Å². The molecule has 0 aliphatic carbocycles. The fourth-order valence-electron chi connectivity index (χ4n) is 0.689. The molecule has 0 saturated carbocycles. The molecular weight excluding hydrogens is 132 g/mol. The van der Waals surface area contributed by atoms with Gasteiger partial charge in [0.1, 0.15) is 6.10 Å². The Kier molecular flexibility index (Phi) is 4.60. The van der Waals surface area contributed by atoms with Crippen LogP contribution in [0.15, 0.2) is 0 Å². The first-order valence-electron chi connectivity index (χ1n) is 3.37. The number of aliphatic hydroxyl groups excluding tert-OH is 1.